The van der Waals surface area contributed by atoms with Gasteiger partial charge in [0.1, 0.15) is 34.5 Å². The van der Waals surface area contributed by atoms with Gasteiger partial charge in [-0.1, -0.05) is 23.2 Å². The average molecular weight is 504 g/mol. The minimum Gasteiger partial charge on any atom is -0.497 e. The normalized spacial score (nSPS) is 19.4. The summed E-state index contributed by atoms with van der Waals surface area (Å²) >= 11 is 12.9. The number of hydrogen-bond donors (Lipinski definition) is 1. The molecule has 2 aromatic carbocycles. The van der Waals surface area contributed by atoms with Crippen molar-refractivity contribution < 1.29 is 18.7 Å². The van der Waals surface area contributed by atoms with Crippen molar-refractivity contribution in [3.05, 3.63) is 75.3 Å². The summed E-state index contributed by atoms with van der Waals surface area (Å²) in [5.41, 5.74) is 6.04. The highest BCUT2D eigenvalue weighted by Crippen LogP contribution is 2.35. The van der Waals surface area contributed by atoms with Crippen LogP contribution in [0.1, 0.15) is 36.6 Å². The van der Waals surface area contributed by atoms with Crippen molar-refractivity contribution in [2.75, 3.05) is 13.7 Å². The van der Waals surface area contributed by atoms with Crippen molar-refractivity contribution in [3.63, 3.8) is 0 Å². The number of nitrogens with zero attached hydrogens (tertiary/aromatic N) is 2. The maximum absolute atomic E-state index is 14.9. The molecule has 1 aliphatic carbocycles. The van der Waals surface area contributed by atoms with E-state index >= 15 is 0 Å². The van der Waals surface area contributed by atoms with Gasteiger partial charge in [-0.3, -0.25) is 10.3 Å². The smallest absolute Gasteiger partial charge is 0.150 e. The highest BCUT2D eigenvalue weighted by atomic mass is 35.5. The minimum absolute atomic E-state index is 0.147. The first-order valence-corrected chi connectivity index (χ1v) is 11.8. The molecular weight excluding hydrogens is 480 g/mol. The molecule has 0 amide bonds. The molecule has 0 saturated carbocycles. The molecule has 34 heavy (non-hydrogen) atoms. The van der Waals surface area contributed by atoms with Crippen LogP contribution in [0.3, 0.4) is 0 Å². The van der Waals surface area contributed by atoms with E-state index in [0.717, 1.165) is 54.0 Å². The molecule has 0 spiro atoms. The predicted octanol–water partition coefficient (Wildman–Crippen LogP) is 5.92. The van der Waals surface area contributed by atoms with Gasteiger partial charge in [-0.05, 0) is 74.6 Å². The van der Waals surface area contributed by atoms with Gasteiger partial charge >= 0.3 is 0 Å². The second-order valence-corrected chi connectivity index (χ2v) is 9.43. The Labute approximate surface area is 207 Å². The predicted molar refractivity (Wildman–Crippen MR) is 129 cm³/mol. The van der Waals surface area contributed by atoms with Gasteiger partial charge in [-0.2, -0.15) is 5.10 Å². The molecule has 2 heterocycles. The first-order chi connectivity index (χ1) is 16.4. The monoisotopic (exact) mass is 503 g/mol. The zero-order valence-electron chi connectivity index (χ0n) is 18.8. The van der Waals surface area contributed by atoms with Gasteiger partial charge in [-0.25, -0.2) is 9.07 Å². The third-order valence-electron chi connectivity index (χ3n) is 6.08. The Kier molecular flexibility index (Phi) is 6.18. The Balaban J connectivity index is 1.37. The summed E-state index contributed by atoms with van der Waals surface area (Å²) in [5.74, 6) is 0.568. The second kappa shape index (κ2) is 9.13. The molecule has 1 aliphatic heterocycles. The minimum atomic E-state index is -0.768. The van der Waals surface area contributed by atoms with Gasteiger partial charge in [0.2, 0.25) is 0 Å². The van der Waals surface area contributed by atoms with Crippen molar-refractivity contribution in [3.8, 4) is 17.2 Å². The van der Waals surface area contributed by atoms with Crippen LogP contribution in [0, 0.1) is 5.82 Å². The molecule has 9 heteroatoms. The van der Waals surface area contributed by atoms with Gasteiger partial charge in [0, 0.05) is 11.6 Å². The second-order valence-electron chi connectivity index (χ2n) is 8.66. The number of halogens is 3. The lowest BCUT2D eigenvalue weighted by molar-refractivity contribution is -0.0472. The van der Waals surface area contributed by atoms with E-state index in [-0.39, 0.29) is 17.3 Å². The molecule has 0 bridgehead atoms. The fourth-order valence-electron chi connectivity index (χ4n) is 4.21. The van der Waals surface area contributed by atoms with E-state index in [9.17, 15) is 4.39 Å². The van der Waals surface area contributed by atoms with Crippen molar-refractivity contribution >= 4 is 28.9 Å². The Morgan fingerprint density at radius 1 is 1.18 bits per heavy atom. The lowest BCUT2D eigenvalue weighted by Crippen LogP contribution is -2.33. The molecule has 0 fully saturated rings. The summed E-state index contributed by atoms with van der Waals surface area (Å²) in [5, 5.41) is 5.14. The van der Waals surface area contributed by atoms with E-state index < -0.39 is 11.4 Å². The molecule has 6 nitrogen and oxygen atoms in total. The summed E-state index contributed by atoms with van der Waals surface area (Å²) in [6, 6.07) is 10.4. The Bertz CT molecular complexity index is 1260. The van der Waals surface area contributed by atoms with Crippen LogP contribution < -0.4 is 15.0 Å². The van der Waals surface area contributed by atoms with Gasteiger partial charge in [0.05, 0.1) is 23.5 Å². The third-order valence-corrected chi connectivity index (χ3v) is 6.77. The highest BCUT2D eigenvalue weighted by molar-refractivity contribution is 6.32. The van der Waals surface area contributed by atoms with Crippen molar-refractivity contribution in [1.82, 2.24) is 15.3 Å². The highest BCUT2D eigenvalue weighted by Gasteiger charge is 2.32. The van der Waals surface area contributed by atoms with Crippen molar-refractivity contribution in [2.24, 2.45) is 0 Å². The largest absolute Gasteiger partial charge is 0.497 e. The number of benzene rings is 2. The summed E-state index contributed by atoms with van der Waals surface area (Å²) in [7, 11) is 1.63. The molecule has 1 N–H and O–H groups in total. The number of ether oxygens (including phenoxy) is 2. The molecular formula is C25H24Cl2FN3O3. The lowest BCUT2D eigenvalue weighted by Gasteiger charge is -2.21. The maximum atomic E-state index is 14.9. The van der Waals surface area contributed by atoms with Gasteiger partial charge in [0.15, 0.2) is 5.82 Å². The molecule has 1 unspecified atom stereocenters. The van der Waals surface area contributed by atoms with Gasteiger partial charge in [-0.15, -0.1) is 0 Å². The third kappa shape index (κ3) is 4.35. The van der Waals surface area contributed by atoms with Crippen LogP contribution in [0.25, 0.3) is 11.4 Å². The summed E-state index contributed by atoms with van der Waals surface area (Å²) in [6.07, 6.45) is 5.72. The fraction of sp³-hybridized carbons (Fsp3) is 0.320. The molecule has 1 atom stereocenters. The van der Waals surface area contributed by atoms with Gasteiger partial charge in [0.25, 0.3) is 0 Å². The summed E-state index contributed by atoms with van der Waals surface area (Å²) in [4.78, 5) is 5.78. The van der Waals surface area contributed by atoms with E-state index in [0.29, 0.717) is 10.9 Å². The standard InChI is InChI=1S/C25H24Cl2FN3O3/c1-25(13-21(30-34-25)15-7-9-16(32-2)10-8-15)14-33-23-12-22(19(28)11-18(23)26)31-24(27)17-5-3-4-6-20(17)29-31/h7-13,30H,3-6,14H2,1-2H3. The maximum Gasteiger partial charge on any atom is 0.150 e. The molecule has 2 aliphatic rings. The van der Waals surface area contributed by atoms with Crippen LogP contribution in [-0.2, 0) is 17.7 Å². The zero-order chi connectivity index (χ0) is 23.9. The first kappa shape index (κ1) is 23.0. The SMILES string of the molecule is COc1ccc(C2=CC(C)(COc3cc(-n4nc5c(c4Cl)CCCC5)c(F)cc3Cl)ON2)cc1. The number of rotatable bonds is 6. The number of nitrogens with one attached hydrogen (secondary N) is 1. The average Bonchev–Trinajstić information content (AvgIpc) is 3.39. The van der Waals surface area contributed by atoms with Crippen LogP contribution in [0.2, 0.25) is 10.2 Å². The topological polar surface area (TPSA) is 57.5 Å². The molecule has 1 aromatic heterocycles. The van der Waals surface area contributed by atoms with E-state index in [1.807, 2.05) is 37.3 Å². The van der Waals surface area contributed by atoms with Crippen LogP contribution >= 0.6 is 23.2 Å². The molecule has 0 saturated heterocycles. The summed E-state index contributed by atoms with van der Waals surface area (Å²) in [6.45, 7) is 2.03. The zero-order valence-corrected chi connectivity index (χ0v) is 20.3. The Morgan fingerprint density at radius 3 is 2.68 bits per heavy atom. The number of methoxy groups -OCH3 is 1. The van der Waals surface area contributed by atoms with E-state index in [1.165, 1.54) is 16.8 Å². The first-order valence-electron chi connectivity index (χ1n) is 11.1. The molecule has 5 rings (SSSR count). The number of aryl methyl sites for hydroxylation is 1. The van der Waals surface area contributed by atoms with Crippen LogP contribution in [0.15, 0.2) is 42.5 Å². The fourth-order valence-corrected chi connectivity index (χ4v) is 4.74. The van der Waals surface area contributed by atoms with Gasteiger partial charge < -0.3 is 9.47 Å². The Morgan fingerprint density at radius 2 is 1.94 bits per heavy atom. The lowest BCUT2D eigenvalue weighted by atomic mass is 9.99. The van der Waals surface area contributed by atoms with E-state index in [4.69, 9.17) is 37.5 Å². The van der Waals surface area contributed by atoms with Crippen molar-refractivity contribution in [1.29, 1.82) is 0 Å². The molecule has 178 valence electrons. The number of hydrogen-bond acceptors (Lipinski definition) is 5. The van der Waals surface area contributed by atoms with Crippen molar-refractivity contribution in [2.45, 2.75) is 38.2 Å². The molecule has 0 radical (unpaired) electrons. The number of hydroxylamine groups is 1. The van der Waals surface area contributed by atoms with E-state index in [2.05, 4.69) is 10.6 Å². The molecule has 3 aromatic rings. The number of fused-ring (bicyclic) bond motifs is 1. The Hall–Kier alpha value is -2.74. The number of aromatic nitrogens is 2. The van der Waals surface area contributed by atoms with Crippen LogP contribution in [0.4, 0.5) is 4.39 Å². The van der Waals surface area contributed by atoms with Crippen LogP contribution in [0.5, 0.6) is 11.5 Å². The summed E-state index contributed by atoms with van der Waals surface area (Å²) < 4.78 is 27.5. The quantitative estimate of drug-likeness (QED) is 0.452. The van der Waals surface area contributed by atoms with Crippen LogP contribution in [-0.4, -0.2) is 29.1 Å². The van der Waals surface area contributed by atoms with E-state index in [1.54, 1.807) is 7.11 Å².